The molecule has 0 bridgehead atoms. The van der Waals surface area contributed by atoms with E-state index in [1.807, 2.05) is 30.3 Å². The minimum atomic E-state index is -0.923. The van der Waals surface area contributed by atoms with Crippen molar-refractivity contribution in [3.8, 4) is 5.75 Å². The van der Waals surface area contributed by atoms with Gasteiger partial charge in [-0.05, 0) is 30.3 Å². The zero-order chi connectivity index (χ0) is 13.7. The maximum atomic E-state index is 11.0. The summed E-state index contributed by atoms with van der Waals surface area (Å²) in [5.41, 5.74) is 1.17. The van der Waals surface area contributed by atoms with Crippen molar-refractivity contribution >= 4 is 17.7 Å². The number of rotatable bonds is 5. The second kappa shape index (κ2) is 6.29. The van der Waals surface area contributed by atoms with Crippen LogP contribution in [0.5, 0.6) is 5.75 Å². The number of ether oxygens (including phenoxy) is 1. The van der Waals surface area contributed by atoms with Gasteiger partial charge >= 0.3 is 5.97 Å². The zero-order valence-corrected chi connectivity index (χ0v) is 11.3. The SMILES string of the molecule is COc1ccc(C(=O)O)cc1CSc1ccccc1. The lowest BCUT2D eigenvalue weighted by molar-refractivity contribution is 0.0696. The first kappa shape index (κ1) is 13.5. The van der Waals surface area contributed by atoms with E-state index < -0.39 is 5.97 Å². The Morgan fingerprint density at radius 1 is 1.21 bits per heavy atom. The fraction of sp³-hybridized carbons (Fsp3) is 0.133. The molecule has 0 aliphatic heterocycles. The first-order valence-electron chi connectivity index (χ1n) is 5.79. The third-order valence-electron chi connectivity index (χ3n) is 2.66. The highest BCUT2D eigenvalue weighted by atomic mass is 32.2. The van der Waals surface area contributed by atoms with Gasteiger partial charge in [-0.2, -0.15) is 0 Å². The molecule has 19 heavy (non-hydrogen) atoms. The number of carbonyl (C=O) groups is 1. The van der Waals surface area contributed by atoms with Gasteiger partial charge in [-0.25, -0.2) is 4.79 Å². The minimum Gasteiger partial charge on any atom is -0.496 e. The first-order valence-corrected chi connectivity index (χ1v) is 6.77. The molecule has 0 aliphatic rings. The summed E-state index contributed by atoms with van der Waals surface area (Å²) in [6.45, 7) is 0. The van der Waals surface area contributed by atoms with Gasteiger partial charge in [0.05, 0.1) is 12.7 Å². The van der Waals surface area contributed by atoms with Crippen LogP contribution in [-0.4, -0.2) is 18.2 Å². The van der Waals surface area contributed by atoms with E-state index in [1.165, 1.54) is 0 Å². The molecular formula is C15H14O3S. The Morgan fingerprint density at radius 2 is 1.95 bits per heavy atom. The second-order valence-electron chi connectivity index (χ2n) is 3.93. The van der Waals surface area contributed by atoms with Crippen LogP contribution in [0.15, 0.2) is 53.4 Å². The third kappa shape index (κ3) is 3.51. The van der Waals surface area contributed by atoms with Gasteiger partial charge in [0.2, 0.25) is 0 Å². The van der Waals surface area contributed by atoms with Crippen molar-refractivity contribution in [3.63, 3.8) is 0 Å². The number of aromatic carboxylic acids is 1. The Labute approximate surface area is 116 Å². The van der Waals surface area contributed by atoms with Gasteiger partial charge < -0.3 is 9.84 Å². The molecule has 0 saturated carbocycles. The monoisotopic (exact) mass is 274 g/mol. The molecule has 0 aromatic heterocycles. The summed E-state index contributed by atoms with van der Waals surface area (Å²) in [7, 11) is 1.59. The van der Waals surface area contributed by atoms with Crippen LogP contribution in [-0.2, 0) is 5.75 Å². The Kier molecular flexibility index (Phi) is 4.47. The number of hydrogen-bond acceptors (Lipinski definition) is 3. The molecule has 0 amide bonds. The van der Waals surface area contributed by atoms with Crippen LogP contribution >= 0.6 is 11.8 Å². The van der Waals surface area contributed by atoms with E-state index in [9.17, 15) is 4.79 Å². The average molecular weight is 274 g/mol. The van der Waals surface area contributed by atoms with Gasteiger partial charge in [-0.15, -0.1) is 11.8 Å². The normalized spacial score (nSPS) is 10.2. The number of thioether (sulfide) groups is 1. The number of benzene rings is 2. The smallest absolute Gasteiger partial charge is 0.335 e. The summed E-state index contributed by atoms with van der Waals surface area (Å²) >= 11 is 1.65. The molecule has 0 unspecified atom stereocenters. The average Bonchev–Trinajstić information content (AvgIpc) is 2.45. The highest BCUT2D eigenvalue weighted by Crippen LogP contribution is 2.28. The van der Waals surface area contributed by atoms with Crippen LogP contribution in [0.1, 0.15) is 15.9 Å². The Balaban J connectivity index is 2.18. The Morgan fingerprint density at radius 3 is 2.58 bits per heavy atom. The van der Waals surface area contributed by atoms with Crippen LogP contribution in [0.3, 0.4) is 0 Å². The first-order chi connectivity index (χ1) is 9.20. The Hall–Kier alpha value is -1.94. The van der Waals surface area contributed by atoms with Crippen LogP contribution < -0.4 is 4.74 Å². The van der Waals surface area contributed by atoms with Gasteiger partial charge in [-0.3, -0.25) is 0 Å². The van der Waals surface area contributed by atoms with Crippen molar-refractivity contribution in [2.24, 2.45) is 0 Å². The lowest BCUT2D eigenvalue weighted by Crippen LogP contribution is -1.99. The molecule has 98 valence electrons. The standard InChI is InChI=1S/C15H14O3S/c1-18-14-8-7-11(15(16)17)9-12(14)10-19-13-5-3-2-4-6-13/h2-9H,10H2,1H3,(H,16,17). The van der Waals surface area contributed by atoms with Crippen molar-refractivity contribution in [2.45, 2.75) is 10.6 Å². The fourth-order valence-electron chi connectivity index (χ4n) is 1.70. The predicted molar refractivity (Wildman–Crippen MR) is 76.0 cm³/mol. The van der Waals surface area contributed by atoms with E-state index >= 15 is 0 Å². The topological polar surface area (TPSA) is 46.5 Å². The van der Waals surface area contributed by atoms with E-state index in [0.717, 1.165) is 10.5 Å². The van der Waals surface area contributed by atoms with Gasteiger partial charge in [0.1, 0.15) is 5.75 Å². The molecule has 2 rings (SSSR count). The van der Waals surface area contributed by atoms with Gasteiger partial charge in [0, 0.05) is 16.2 Å². The van der Waals surface area contributed by atoms with Gasteiger partial charge in [-0.1, -0.05) is 18.2 Å². The summed E-state index contributed by atoms with van der Waals surface area (Å²) in [5.74, 6) is 0.468. The maximum absolute atomic E-state index is 11.0. The lowest BCUT2D eigenvalue weighted by atomic mass is 10.1. The van der Waals surface area contributed by atoms with Crippen LogP contribution in [0, 0.1) is 0 Å². The highest BCUT2D eigenvalue weighted by molar-refractivity contribution is 7.98. The molecule has 4 heteroatoms. The molecule has 1 N–H and O–H groups in total. The van der Waals surface area contributed by atoms with E-state index in [1.54, 1.807) is 37.1 Å². The van der Waals surface area contributed by atoms with E-state index in [4.69, 9.17) is 9.84 Å². The van der Waals surface area contributed by atoms with E-state index in [2.05, 4.69) is 0 Å². The number of hydrogen-bond donors (Lipinski definition) is 1. The molecule has 3 nitrogen and oxygen atoms in total. The van der Waals surface area contributed by atoms with Crippen LogP contribution in [0.25, 0.3) is 0 Å². The lowest BCUT2D eigenvalue weighted by Gasteiger charge is -2.09. The molecule has 0 fully saturated rings. The predicted octanol–water partition coefficient (Wildman–Crippen LogP) is 3.69. The van der Waals surface area contributed by atoms with Crippen LogP contribution in [0.2, 0.25) is 0 Å². The second-order valence-corrected chi connectivity index (χ2v) is 4.98. The molecule has 0 heterocycles. The van der Waals surface area contributed by atoms with Crippen molar-refractivity contribution in [1.82, 2.24) is 0 Å². The van der Waals surface area contributed by atoms with Crippen molar-refractivity contribution < 1.29 is 14.6 Å². The number of carboxylic acids is 1. The number of carboxylic acid groups (broad SMARTS) is 1. The van der Waals surface area contributed by atoms with Crippen molar-refractivity contribution in [1.29, 1.82) is 0 Å². The zero-order valence-electron chi connectivity index (χ0n) is 10.5. The van der Waals surface area contributed by atoms with Gasteiger partial charge in [0.25, 0.3) is 0 Å². The number of methoxy groups -OCH3 is 1. The highest BCUT2D eigenvalue weighted by Gasteiger charge is 2.09. The molecule has 0 atom stereocenters. The largest absolute Gasteiger partial charge is 0.496 e. The summed E-state index contributed by atoms with van der Waals surface area (Å²) in [6, 6.07) is 14.9. The maximum Gasteiger partial charge on any atom is 0.335 e. The summed E-state index contributed by atoms with van der Waals surface area (Å²) in [4.78, 5) is 12.1. The van der Waals surface area contributed by atoms with E-state index in [0.29, 0.717) is 11.5 Å². The molecule has 2 aromatic rings. The fourth-order valence-corrected chi connectivity index (χ4v) is 2.60. The summed E-state index contributed by atoms with van der Waals surface area (Å²) in [6.07, 6.45) is 0. The van der Waals surface area contributed by atoms with Crippen LogP contribution in [0.4, 0.5) is 0 Å². The van der Waals surface area contributed by atoms with E-state index in [-0.39, 0.29) is 5.56 Å². The molecule has 0 aliphatic carbocycles. The quantitative estimate of drug-likeness (QED) is 0.845. The Bertz CT molecular complexity index is 567. The summed E-state index contributed by atoms with van der Waals surface area (Å²) < 4.78 is 5.26. The minimum absolute atomic E-state index is 0.282. The molecule has 0 radical (unpaired) electrons. The van der Waals surface area contributed by atoms with Gasteiger partial charge in [0.15, 0.2) is 0 Å². The third-order valence-corrected chi connectivity index (χ3v) is 3.73. The molecule has 2 aromatic carbocycles. The van der Waals surface area contributed by atoms with Crippen molar-refractivity contribution in [2.75, 3.05) is 7.11 Å². The molecule has 0 saturated heterocycles. The molecule has 0 spiro atoms. The van der Waals surface area contributed by atoms with Crippen molar-refractivity contribution in [3.05, 3.63) is 59.7 Å². The summed E-state index contributed by atoms with van der Waals surface area (Å²) in [5, 5.41) is 9.01. The molecular weight excluding hydrogens is 260 g/mol.